The normalized spacial score (nSPS) is 13.9. The number of hydrogen-bond donors (Lipinski definition) is 0. The van der Waals surface area contributed by atoms with Crippen molar-refractivity contribution in [1.82, 2.24) is 15.0 Å². The van der Waals surface area contributed by atoms with E-state index in [1.165, 1.54) is 72.0 Å². The van der Waals surface area contributed by atoms with Gasteiger partial charge in [-0.25, -0.2) is 15.0 Å². The van der Waals surface area contributed by atoms with Gasteiger partial charge in [-0.05, 0) is 83.6 Å². The molecule has 0 unspecified atom stereocenters. The highest BCUT2D eigenvalue weighted by Crippen LogP contribution is 2.62. The van der Waals surface area contributed by atoms with Gasteiger partial charge in [0.25, 0.3) is 0 Å². The van der Waals surface area contributed by atoms with Gasteiger partial charge in [0.1, 0.15) is 0 Å². The van der Waals surface area contributed by atoms with E-state index in [0.717, 1.165) is 22.3 Å². The van der Waals surface area contributed by atoms with Crippen molar-refractivity contribution in [2.45, 2.75) is 24.7 Å². The lowest BCUT2D eigenvalue weighted by Crippen LogP contribution is -2.40. The molecule has 2 aliphatic carbocycles. The van der Waals surface area contributed by atoms with Crippen LogP contribution in [-0.2, 0) is 10.8 Å². The Morgan fingerprint density at radius 1 is 0.290 bits per heavy atom. The van der Waals surface area contributed by atoms with E-state index in [0.29, 0.717) is 17.5 Å². The van der Waals surface area contributed by atoms with Crippen LogP contribution in [0.5, 0.6) is 0 Å². The van der Waals surface area contributed by atoms with Crippen molar-refractivity contribution < 1.29 is 0 Å². The number of aromatic nitrogens is 3. The van der Waals surface area contributed by atoms with Crippen LogP contribution in [0.1, 0.15) is 47.2 Å². The van der Waals surface area contributed by atoms with Gasteiger partial charge in [0, 0.05) is 22.1 Å². The predicted octanol–water partition coefficient (Wildman–Crippen LogP) is 14.4. The van der Waals surface area contributed by atoms with Crippen molar-refractivity contribution in [2.75, 3.05) is 0 Å². The maximum absolute atomic E-state index is 5.00. The molecule has 12 rings (SSSR count). The Labute approximate surface area is 362 Å². The Kier molecular flexibility index (Phi) is 8.10. The highest BCUT2D eigenvalue weighted by molar-refractivity contribution is 6.07. The minimum atomic E-state index is -0.455. The largest absolute Gasteiger partial charge is 0.208 e. The van der Waals surface area contributed by atoms with Crippen LogP contribution in [-0.4, -0.2) is 15.0 Å². The van der Waals surface area contributed by atoms with Crippen molar-refractivity contribution in [3.05, 3.63) is 246 Å². The highest BCUT2D eigenvalue weighted by atomic mass is 15.0. The summed E-state index contributed by atoms with van der Waals surface area (Å²) >= 11 is 0. The second-order valence-corrected chi connectivity index (χ2v) is 17.1. The summed E-state index contributed by atoms with van der Waals surface area (Å²) < 4.78 is 0. The average Bonchev–Trinajstić information content (AvgIpc) is 3.63. The molecule has 0 aliphatic heterocycles. The third-order valence-corrected chi connectivity index (χ3v) is 13.4. The Bertz CT molecular complexity index is 3250. The zero-order chi connectivity index (χ0) is 41.4. The number of hydrogen-bond acceptors (Lipinski definition) is 3. The molecular formula is C59H41N3. The lowest BCUT2D eigenvalue weighted by Gasteiger charge is -2.46. The Balaban J connectivity index is 1.01. The van der Waals surface area contributed by atoms with Crippen LogP contribution in [0, 0.1) is 0 Å². The molecule has 0 radical (unpaired) electrons. The van der Waals surface area contributed by atoms with E-state index in [1.807, 2.05) is 60.7 Å². The Morgan fingerprint density at radius 3 is 1.26 bits per heavy atom. The fraction of sp³-hybridized carbons (Fsp3) is 0.0678. The van der Waals surface area contributed by atoms with Gasteiger partial charge in [-0.1, -0.05) is 220 Å². The fourth-order valence-corrected chi connectivity index (χ4v) is 10.6. The van der Waals surface area contributed by atoms with Crippen LogP contribution in [0.2, 0.25) is 0 Å². The molecule has 3 heteroatoms. The second-order valence-electron chi connectivity index (χ2n) is 17.1. The third kappa shape index (κ3) is 5.34. The van der Waals surface area contributed by atoms with Gasteiger partial charge in [-0.2, -0.15) is 0 Å². The molecule has 0 atom stereocenters. The van der Waals surface area contributed by atoms with Gasteiger partial charge in [0.05, 0.1) is 5.41 Å². The summed E-state index contributed by atoms with van der Waals surface area (Å²) in [5, 5.41) is 2.44. The maximum Gasteiger partial charge on any atom is 0.164 e. The van der Waals surface area contributed by atoms with Gasteiger partial charge in [-0.15, -0.1) is 0 Å². The molecule has 0 fully saturated rings. The Morgan fingerprint density at radius 2 is 0.694 bits per heavy atom. The zero-order valence-corrected chi connectivity index (χ0v) is 34.5. The number of nitrogens with zero attached hydrogens (tertiary/aromatic N) is 3. The molecule has 3 nitrogen and oxygen atoms in total. The van der Waals surface area contributed by atoms with Crippen molar-refractivity contribution in [3.63, 3.8) is 0 Å². The van der Waals surface area contributed by atoms with E-state index in [-0.39, 0.29) is 5.41 Å². The molecule has 62 heavy (non-hydrogen) atoms. The molecule has 0 saturated carbocycles. The van der Waals surface area contributed by atoms with Crippen molar-refractivity contribution >= 4 is 10.8 Å². The van der Waals surface area contributed by atoms with Gasteiger partial charge >= 0.3 is 0 Å². The van der Waals surface area contributed by atoms with Crippen LogP contribution >= 0.6 is 0 Å². The summed E-state index contributed by atoms with van der Waals surface area (Å²) in [5.74, 6) is 1.95. The quantitative estimate of drug-likeness (QED) is 0.174. The second kappa shape index (κ2) is 13.9. The molecule has 1 spiro atoms. The average molecular weight is 792 g/mol. The number of fused-ring (bicyclic) bond motifs is 10. The third-order valence-electron chi connectivity index (χ3n) is 13.4. The summed E-state index contributed by atoms with van der Waals surface area (Å²) in [4.78, 5) is 14.9. The van der Waals surface area contributed by atoms with Crippen molar-refractivity contribution in [2.24, 2.45) is 0 Å². The topological polar surface area (TPSA) is 38.7 Å². The maximum atomic E-state index is 5.00. The summed E-state index contributed by atoms with van der Waals surface area (Å²) in [6.07, 6.45) is 0. The van der Waals surface area contributed by atoms with Crippen LogP contribution in [0.4, 0.5) is 0 Å². The molecule has 10 aromatic rings. The molecule has 1 heterocycles. The molecule has 292 valence electrons. The first-order chi connectivity index (χ1) is 30.5. The van der Waals surface area contributed by atoms with E-state index >= 15 is 0 Å². The zero-order valence-electron chi connectivity index (χ0n) is 34.5. The smallest absolute Gasteiger partial charge is 0.164 e. The van der Waals surface area contributed by atoms with Gasteiger partial charge < -0.3 is 0 Å². The van der Waals surface area contributed by atoms with Crippen molar-refractivity contribution in [3.8, 4) is 67.5 Å². The molecule has 0 N–H and O–H groups in total. The highest BCUT2D eigenvalue weighted by Gasteiger charge is 2.53. The summed E-state index contributed by atoms with van der Waals surface area (Å²) in [6, 6.07) is 77.0. The number of rotatable bonds is 5. The van der Waals surface area contributed by atoms with E-state index < -0.39 is 5.41 Å². The van der Waals surface area contributed by atoms with Crippen LogP contribution in [0.3, 0.4) is 0 Å². The van der Waals surface area contributed by atoms with E-state index in [1.54, 1.807) is 0 Å². The monoisotopic (exact) mass is 791 g/mol. The first kappa shape index (κ1) is 36.1. The Hall–Kier alpha value is -7.75. The minimum Gasteiger partial charge on any atom is -0.208 e. The molecular weight excluding hydrogens is 751 g/mol. The molecule has 2 aliphatic rings. The molecule has 0 amide bonds. The summed E-state index contributed by atoms with van der Waals surface area (Å²) in [5.41, 5.74) is 17.8. The van der Waals surface area contributed by atoms with Crippen LogP contribution < -0.4 is 0 Å². The lowest BCUT2D eigenvalue weighted by molar-refractivity contribution is 0.563. The number of benzene rings is 9. The van der Waals surface area contributed by atoms with Crippen molar-refractivity contribution in [1.29, 1.82) is 0 Å². The van der Waals surface area contributed by atoms with E-state index in [2.05, 4.69) is 166 Å². The molecule has 0 saturated heterocycles. The van der Waals surface area contributed by atoms with Crippen LogP contribution in [0.15, 0.2) is 212 Å². The van der Waals surface area contributed by atoms with Gasteiger partial charge in [0.2, 0.25) is 0 Å². The van der Waals surface area contributed by atoms with Crippen LogP contribution in [0.25, 0.3) is 78.3 Å². The molecule has 0 bridgehead atoms. The predicted molar refractivity (Wildman–Crippen MR) is 254 cm³/mol. The van der Waals surface area contributed by atoms with E-state index in [9.17, 15) is 0 Å². The molecule has 9 aromatic carbocycles. The summed E-state index contributed by atoms with van der Waals surface area (Å²) in [7, 11) is 0. The summed E-state index contributed by atoms with van der Waals surface area (Å²) in [6.45, 7) is 4.77. The first-order valence-corrected chi connectivity index (χ1v) is 21.4. The van der Waals surface area contributed by atoms with Gasteiger partial charge in [-0.3, -0.25) is 0 Å². The standard InChI is InChI=1S/C59H41N3/c1-58(2)49-27-11-13-29-51(49)59(52-30-14-12-28-50(52)58)48-26-10-9-23-46(48)47-36-35-43(37-53(47)59)45-25-16-22-39-21-15-24-44(54(39)45)38-31-33-42(34-32-38)57-61-55(40-17-5-3-6-18-40)60-56(62-57)41-19-7-4-8-20-41/h3-37H,1-2H3. The SMILES string of the molecule is CC1(C)c2ccccc2C2(c3ccccc3-c3ccc(-c4cccc5cccc(-c6ccc(-c7nc(-c8ccccc8)nc(-c8ccccc8)n7)cc6)c45)cc32)c2ccccc21. The minimum absolute atomic E-state index is 0.147. The van der Waals surface area contributed by atoms with E-state index in [4.69, 9.17) is 15.0 Å². The first-order valence-electron chi connectivity index (χ1n) is 21.4. The fourth-order valence-electron chi connectivity index (χ4n) is 10.6. The van der Waals surface area contributed by atoms with Gasteiger partial charge in [0.15, 0.2) is 17.5 Å². The lowest BCUT2D eigenvalue weighted by atomic mass is 9.55. The molecule has 1 aromatic heterocycles.